The molecule has 0 amide bonds. The first-order valence-electron chi connectivity index (χ1n) is 4.51. The minimum absolute atomic E-state index is 0.257. The van der Waals surface area contributed by atoms with E-state index in [-0.39, 0.29) is 6.04 Å². The normalized spacial score (nSPS) is 11.2. The molecule has 80 valence electrons. The number of halogens is 1. The van der Waals surface area contributed by atoms with E-state index in [1.165, 1.54) is 0 Å². The quantitative estimate of drug-likeness (QED) is 0.860. The van der Waals surface area contributed by atoms with Crippen LogP contribution in [0.3, 0.4) is 0 Å². The van der Waals surface area contributed by atoms with Crippen molar-refractivity contribution in [2.75, 3.05) is 0 Å². The molecule has 2 aromatic rings. The van der Waals surface area contributed by atoms with Gasteiger partial charge in [-0.1, -0.05) is 0 Å². The second kappa shape index (κ2) is 3.94. The second-order valence-electron chi connectivity index (χ2n) is 3.42. The smallest absolute Gasteiger partial charge is 0.195 e. The van der Waals surface area contributed by atoms with Crippen LogP contribution in [0.25, 0.3) is 11.4 Å². The number of nitrogens with one attached hydrogen (secondary N) is 1. The van der Waals surface area contributed by atoms with Gasteiger partial charge in [0, 0.05) is 6.04 Å². The van der Waals surface area contributed by atoms with E-state index in [1.54, 1.807) is 6.26 Å². The van der Waals surface area contributed by atoms with Crippen molar-refractivity contribution in [1.82, 2.24) is 14.8 Å². The first kappa shape index (κ1) is 10.6. The molecule has 2 aromatic heterocycles. The minimum atomic E-state index is 0.257. The number of hydrogen-bond acceptors (Lipinski definition) is 3. The SMILES string of the molecule is CC(C)n1c(-c2ccoc2Br)n[nH]c1=S. The molecule has 0 spiro atoms. The van der Waals surface area contributed by atoms with E-state index in [9.17, 15) is 0 Å². The van der Waals surface area contributed by atoms with Crippen LogP contribution in [0.2, 0.25) is 0 Å². The molecule has 15 heavy (non-hydrogen) atoms. The molecule has 0 unspecified atom stereocenters. The van der Waals surface area contributed by atoms with E-state index in [0.29, 0.717) is 9.44 Å². The minimum Gasteiger partial charge on any atom is -0.457 e. The first-order chi connectivity index (χ1) is 7.11. The van der Waals surface area contributed by atoms with E-state index in [2.05, 4.69) is 40.0 Å². The number of hydrogen-bond donors (Lipinski definition) is 1. The summed E-state index contributed by atoms with van der Waals surface area (Å²) >= 11 is 8.49. The fraction of sp³-hybridized carbons (Fsp3) is 0.333. The third-order valence-electron chi connectivity index (χ3n) is 2.08. The van der Waals surface area contributed by atoms with Gasteiger partial charge in [-0.2, -0.15) is 5.10 Å². The summed E-state index contributed by atoms with van der Waals surface area (Å²) in [6, 6.07) is 2.11. The number of aromatic nitrogens is 3. The van der Waals surface area contributed by atoms with Crippen molar-refractivity contribution in [3.63, 3.8) is 0 Å². The highest BCUT2D eigenvalue weighted by Crippen LogP contribution is 2.29. The lowest BCUT2D eigenvalue weighted by atomic mass is 10.3. The number of nitrogens with zero attached hydrogens (tertiary/aromatic N) is 2. The van der Waals surface area contributed by atoms with E-state index >= 15 is 0 Å². The molecule has 6 heteroatoms. The van der Waals surface area contributed by atoms with Gasteiger partial charge in [0.1, 0.15) is 0 Å². The topological polar surface area (TPSA) is 46.8 Å². The van der Waals surface area contributed by atoms with Gasteiger partial charge in [0.25, 0.3) is 0 Å². The largest absolute Gasteiger partial charge is 0.457 e. The summed E-state index contributed by atoms with van der Waals surface area (Å²) in [6.45, 7) is 4.12. The van der Waals surface area contributed by atoms with Crippen LogP contribution < -0.4 is 0 Å². The lowest BCUT2D eigenvalue weighted by Gasteiger charge is -2.08. The molecule has 0 saturated heterocycles. The van der Waals surface area contributed by atoms with Gasteiger partial charge in [-0.05, 0) is 48.1 Å². The summed E-state index contributed by atoms with van der Waals surface area (Å²) in [5, 5.41) is 6.98. The molecule has 2 heterocycles. The molecule has 0 aliphatic rings. The number of aromatic amines is 1. The standard InChI is InChI=1S/C9H10BrN3OS/c1-5(2)13-8(11-12-9(13)15)6-3-4-14-7(6)10/h3-5H,1-2H3,(H,12,15). The van der Waals surface area contributed by atoms with Gasteiger partial charge >= 0.3 is 0 Å². The molecule has 0 aromatic carbocycles. The Morgan fingerprint density at radius 1 is 1.60 bits per heavy atom. The van der Waals surface area contributed by atoms with Gasteiger partial charge in [-0.3, -0.25) is 9.67 Å². The first-order valence-corrected chi connectivity index (χ1v) is 5.71. The number of furan rings is 1. The number of H-pyrrole nitrogens is 1. The van der Waals surface area contributed by atoms with Gasteiger partial charge < -0.3 is 4.42 Å². The molecule has 2 rings (SSSR count). The molecule has 0 radical (unpaired) electrons. The monoisotopic (exact) mass is 287 g/mol. The Hall–Kier alpha value is -0.880. The van der Waals surface area contributed by atoms with Crippen LogP contribution in [0.5, 0.6) is 0 Å². The maximum absolute atomic E-state index is 5.18. The van der Waals surface area contributed by atoms with Gasteiger partial charge in [0.2, 0.25) is 0 Å². The lowest BCUT2D eigenvalue weighted by molar-refractivity contribution is 0.540. The van der Waals surface area contributed by atoms with E-state index in [4.69, 9.17) is 16.6 Å². The summed E-state index contributed by atoms with van der Waals surface area (Å²) < 4.78 is 8.41. The van der Waals surface area contributed by atoms with Gasteiger partial charge in [0.15, 0.2) is 15.3 Å². The fourth-order valence-electron chi connectivity index (χ4n) is 1.43. The Kier molecular flexibility index (Phi) is 2.79. The van der Waals surface area contributed by atoms with Crippen molar-refractivity contribution < 1.29 is 4.42 Å². The molecular weight excluding hydrogens is 278 g/mol. The zero-order valence-electron chi connectivity index (χ0n) is 8.32. The summed E-state index contributed by atoms with van der Waals surface area (Å²) in [4.78, 5) is 0. The van der Waals surface area contributed by atoms with Crippen LogP contribution in [0.1, 0.15) is 19.9 Å². The van der Waals surface area contributed by atoms with Crippen LogP contribution in [-0.2, 0) is 0 Å². The molecular formula is C9H10BrN3OS. The van der Waals surface area contributed by atoms with Crippen molar-refractivity contribution in [2.24, 2.45) is 0 Å². The van der Waals surface area contributed by atoms with Crippen LogP contribution in [-0.4, -0.2) is 14.8 Å². The van der Waals surface area contributed by atoms with E-state index in [1.807, 2.05) is 10.6 Å². The highest BCUT2D eigenvalue weighted by molar-refractivity contribution is 9.10. The number of rotatable bonds is 2. The molecule has 4 nitrogen and oxygen atoms in total. The van der Waals surface area contributed by atoms with E-state index < -0.39 is 0 Å². The van der Waals surface area contributed by atoms with Crippen LogP contribution in [0, 0.1) is 4.77 Å². The summed E-state index contributed by atoms with van der Waals surface area (Å²) in [7, 11) is 0. The maximum atomic E-state index is 5.18. The average Bonchev–Trinajstić information content (AvgIpc) is 2.71. The van der Waals surface area contributed by atoms with Crippen LogP contribution in [0.15, 0.2) is 21.4 Å². The Labute approximate surface area is 100 Å². The highest BCUT2D eigenvalue weighted by atomic mass is 79.9. The third-order valence-corrected chi connectivity index (χ3v) is 2.98. The molecule has 1 N–H and O–H groups in total. The molecule has 0 atom stereocenters. The molecule has 0 aliphatic heterocycles. The Bertz CT molecular complexity index is 525. The van der Waals surface area contributed by atoms with Crippen molar-refractivity contribution >= 4 is 28.1 Å². The molecule has 0 fully saturated rings. The fourth-order valence-corrected chi connectivity index (χ4v) is 2.19. The summed E-state index contributed by atoms with van der Waals surface area (Å²) in [6.07, 6.45) is 1.61. The Morgan fingerprint density at radius 3 is 2.87 bits per heavy atom. The van der Waals surface area contributed by atoms with Crippen molar-refractivity contribution in [1.29, 1.82) is 0 Å². The van der Waals surface area contributed by atoms with Gasteiger partial charge in [-0.25, -0.2) is 0 Å². The highest BCUT2D eigenvalue weighted by Gasteiger charge is 2.15. The molecule has 0 aliphatic carbocycles. The Morgan fingerprint density at radius 2 is 2.33 bits per heavy atom. The Balaban J connectivity index is 2.64. The van der Waals surface area contributed by atoms with Gasteiger partial charge in [-0.15, -0.1) is 0 Å². The van der Waals surface area contributed by atoms with Crippen LogP contribution >= 0.6 is 28.1 Å². The lowest BCUT2D eigenvalue weighted by Crippen LogP contribution is -2.03. The maximum Gasteiger partial charge on any atom is 0.195 e. The van der Waals surface area contributed by atoms with Crippen LogP contribution in [0.4, 0.5) is 0 Å². The average molecular weight is 288 g/mol. The van der Waals surface area contributed by atoms with Crippen molar-refractivity contribution in [3.05, 3.63) is 21.8 Å². The van der Waals surface area contributed by atoms with Gasteiger partial charge in [0.05, 0.1) is 11.8 Å². The zero-order chi connectivity index (χ0) is 11.0. The molecule has 0 saturated carbocycles. The summed E-state index contributed by atoms with van der Waals surface area (Å²) in [5.41, 5.74) is 0.899. The zero-order valence-corrected chi connectivity index (χ0v) is 10.7. The molecule has 0 bridgehead atoms. The predicted octanol–water partition coefficient (Wildman–Crippen LogP) is 3.54. The predicted molar refractivity (Wildman–Crippen MR) is 63.2 cm³/mol. The summed E-state index contributed by atoms with van der Waals surface area (Å²) in [5.74, 6) is 0.788. The van der Waals surface area contributed by atoms with Crippen molar-refractivity contribution in [3.8, 4) is 11.4 Å². The van der Waals surface area contributed by atoms with Crippen molar-refractivity contribution in [2.45, 2.75) is 19.9 Å². The third kappa shape index (κ3) is 1.79. The second-order valence-corrected chi connectivity index (χ2v) is 4.53. The van der Waals surface area contributed by atoms with E-state index in [0.717, 1.165) is 11.4 Å².